The molecule has 1 heterocycles. The van der Waals surface area contributed by atoms with E-state index in [2.05, 4.69) is 15.0 Å². The molecule has 1 unspecified atom stereocenters. The van der Waals surface area contributed by atoms with Gasteiger partial charge < -0.3 is 5.32 Å². The van der Waals surface area contributed by atoms with Crippen LogP contribution in [0.3, 0.4) is 0 Å². The van der Waals surface area contributed by atoms with Gasteiger partial charge in [0.2, 0.25) is 10.0 Å². The van der Waals surface area contributed by atoms with Gasteiger partial charge in [-0.05, 0) is 36.8 Å². The number of benzene rings is 2. The van der Waals surface area contributed by atoms with Crippen LogP contribution in [-0.2, 0) is 10.0 Å². The highest BCUT2D eigenvalue weighted by Crippen LogP contribution is 2.25. The van der Waals surface area contributed by atoms with Gasteiger partial charge in [-0.1, -0.05) is 29.8 Å². The van der Waals surface area contributed by atoms with Crippen LogP contribution < -0.4 is 10.0 Å². The molecule has 0 saturated heterocycles. The second-order valence-electron chi connectivity index (χ2n) is 5.59. The quantitative estimate of drug-likeness (QED) is 0.554. The molecular weight excluding hydrogens is 413 g/mol. The third kappa shape index (κ3) is 4.94. The summed E-state index contributed by atoms with van der Waals surface area (Å²) in [7, 11) is -3.57. The van der Waals surface area contributed by atoms with Crippen molar-refractivity contribution in [3.8, 4) is 0 Å². The van der Waals surface area contributed by atoms with Crippen molar-refractivity contribution in [3.63, 3.8) is 0 Å². The molecule has 0 spiro atoms. The third-order valence-electron chi connectivity index (χ3n) is 3.83. The van der Waals surface area contributed by atoms with Crippen molar-refractivity contribution in [2.45, 2.75) is 17.9 Å². The Labute approximate surface area is 168 Å². The lowest BCUT2D eigenvalue weighted by molar-refractivity contribution is 0.554. The van der Waals surface area contributed by atoms with Gasteiger partial charge >= 0.3 is 0 Å². The first-order valence-electron chi connectivity index (χ1n) is 7.78. The Kier molecular flexibility index (Phi) is 7.40. The highest BCUT2D eigenvalue weighted by molar-refractivity contribution is 7.90. The molecular formula is C17H19Cl2N3O2S2. The highest BCUT2D eigenvalue weighted by atomic mass is 35.5. The van der Waals surface area contributed by atoms with Crippen LogP contribution >= 0.6 is 35.3 Å². The molecule has 0 aliphatic carbocycles. The van der Waals surface area contributed by atoms with Crippen molar-refractivity contribution in [3.05, 3.63) is 58.6 Å². The molecule has 0 amide bonds. The monoisotopic (exact) mass is 431 g/mol. The van der Waals surface area contributed by atoms with Gasteiger partial charge in [-0.15, -0.1) is 23.7 Å². The summed E-state index contributed by atoms with van der Waals surface area (Å²) in [5, 5.41) is 3.97. The Balaban J connectivity index is 0.00000243. The molecule has 26 heavy (non-hydrogen) atoms. The van der Waals surface area contributed by atoms with E-state index >= 15 is 0 Å². The van der Waals surface area contributed by atoms with Gasteiger partial charge in [0.1, 0.15) is 4.90 Å². The zero-order valence-electron chi connectivity index (χ0n) is 14.0. The lowest BCUT2D eigenvalue weighted by Gasteiger charge is -2.15. The van der Waals surface area contributed by atoms with Gasteiger partial charge in [0.25, 0.3) is 0 Å². The second kappa shape index (κ2) is 9.12. The number of thiazole rings is 1. The maximum absolute atomic E-state index is 12.5. The average molecular weight is 432 g/mol. The van der Waals surface area contributed by atoms with Crippen molar-refractivity contribution >= 4 is 55.6 Å². The highest BCUT2D eigenvalue weighted by Gasteiger charge is 2.18. The maximum atomic E-state index is 12.5. The molecule has 0 bridgehead atoms. The fourth-order valence-electron chi connectivity index (χ4n) is 2.52. The van der Waals surface area contributed by atoms with E-state index in [0.29, 0.717) is 28.3 Å². The first-order chi connectivity index (χ1) is 12.0. The molecule has 2 aromatic carbocycles. The average Bonchev–Trinajstić information content (AvgIpc) is 3.07. The van der Waals surface area contributed by atoms with Crippen LogP contribution in [0.1, 0.15) is 18.5 Å². The summed E-state index contributed by atoms with van der Waals surface area (Å²) in [5.74, 6) is 0. The first kappa shape index (κ1) is 21.1. The van der Waals surface area contributed by atoms with Crippen molar-refractivity contribution in [1.29, 1.82) is 0 Å². The topological polar surface area (TPSA) is 71.1 Å². The van der Waals surface area contributed by atoms with Gasteiger partial charge in [0, 0.05) is 24.2 Å². The van der Waals surface area contributed by atoms with Crippen molar-refractivity contribution < 1.29 is 8.42 Å². The minimum absolute atomic E-state index is 0. The fraction of sp³-hybridized carbons (Fsp3) is 0.235. The molecule has 1 aromatic heterocycles. The summed E-state index contributed by atoms with van der Waals surface area (Å²) >= 11 is 7.32. The predicted octanol–water partition coefficient (Wildman–Crippen LogP) is 4.00. The van der Waals surface area contributed by atoms with Crippen LogP contribution in [0.5, 0.6) is 0 Å². The molecule has 0 radical (unpaired) electrons. The number of halogens is 2. The molecule has 5 nitrogen and oxygen atoms in total. The fourth-order valence-corrected chi connectivity index (χ4v) is 5.02. The van der Waals surface area contributed by atoms with Crippen molar-refractivity contribution in [2.75, 3.05) is 13.1 Å². The number of sulfonamides is 1. The van der Waals surface area contributed by atoms with Crippen molar-refractivity contribution in [1.82, 2.24) is 15.0 Å². The van der Waals surface area contributed by atoms with E-state index in [1.54, 1.807) is 23.7 Å². The molecule has 2 N–H and O–H groups in total. The Hall–Kier alpha value is -1.22. The molecule has 0 fully saturated rings. The van der Waals surface area contributed by atoms with Gasteiger partial charge in [-0.25, -0.2) is 18.1 Å². The van der Waals surface area contributed by atoms with Crippen LogP contribution in [-0.4, -0.2) is 26.5 Å². The molecule has 140 valence electrons. The summed E-state index contributed by atoms with van der Waals surface area (Å²) in [6.45, 7) is 2.81. The summed E-state index contributed by atoms with van der Waals surface area (Å²) in [6, 6.07) is 12.8. The van der Waals surface area contributed by atoms with Crippen LogP contribution in [0.25, 0.3) is 10.2 Å². The molecule has 0 aliphatic heterocycles. The summed E-state index contributed by atoms with van der Waals surface area (Å²) < 4.78 is 28.4. The van der Waals surface area contributed by atoms with E-state index in [-0.39, 0.29) is 23.3 Å². The lowest BCUT2D eigenvalue weighted by Crippen LogP contribution is -2.33. The normalized spacial score (nSPS) is 12.7. The Morgan fingerprint density at radius 3 is 2.73 bits per heavy atom. The Morgan fingerprint density at radius 1 is 1.19 bits per heavy atom. The van der Waals surface area contributed by atoms with Crippen LogP contribution in [0.4, 0.5) is 0 Å². The Morgan fingerprint density at radius 2 is 1.96 bits per heavy atom. The first-order valence-corrected chi connectivity index (χ1v) is 10.5. The van der Waals surface area contributed by atoms with Gasteiger partial charge in [0.15, 0.2) is 0 Å². The van der Waals surface area contributed by atoms with Crippen LogP contribution in [0.2, 0.25) is 5.02 Å². The number of hydrogen-bond acceptors (Lipinski definition) is 5. The minimum Gasteiger partial charge on any atom is -0.309 e. The molecule has 0 aliphatic rings. The zero-order chi connectivity index (χ0) is 17.9. The Bertz CT molecular complexity index is 977. The van der Waals surface area contributed by atoms with Gasteiger partial charge in [-0.3, -0.25) is 0 Å². The number of aromatic nitrogens is 1. The summed E-state index contributed by atoms with van der Waals surface area (Å²) in [4.78, 5) is 4.43. The van der Waals surface area contributed by atoms with Gasteiger partial charge in [0.05, 0.1) is 15.7 Å². The van der Waals surface area contributed by atoms with Crippen LogP contribution in [0, 0.1) is 0 Å². The lowest BCUT2D eigenvalue weighted by atomic mass is 10.1. The van der Waals surface area contributed by atoms with Gasteiger partial charge in [-0.2, -0.15) is 0 Å². The van der Waals surface area contributed by atoms with E-state index in [1.807, 2.05) is 31.2 Å². The second-order valence-corrected chi connectivity index (χ2v) is 8.61. The number of hydrogen-bond donors (Lipinski definition) is 2. The number of fused-ring (bicyclic) bond motifs is 1. The molecule has 3 aromatic rings. The van der Waals surface area contributed by atoms with E-state index in [9.17, 15) is 8.42 Å². The molecule has 9 heteroatoms. The third-order valence-corrected chi connectivity index (χ3v) is 6.57. The summed E-state index contributed by atoms with van der Waals surface area (Å²) in [5.41, 5.74) is 3.41. The van der Waals surface area contributed by atoms with E-state index in [4.69, 9.17) is 11.6 Å². The molecule has 3 rings (SSSR count). The predicted molar refractivity (Wildman–Crippen MR) is 110 cm³/mol. The van der Waals surface area contributed by atoms with E-state index in [1.165, 1.54) is 11.3 Å². The SMILES string of the molecule is CC(NCCNS(=O)(=O)c1cccc2ncsc12)c1cccc(Cl)c1.Cl. The van der Waals surface area contributed by atoms with Crippen molar-refractivity contribution in [2.24, 2.45) is 0 Å². The maximum Gasteiger partial charge on any atom is 0.242 e. The standard InChI is InChI=1S/C17H18ClN3O2S2.ClH/c1-12(13-4-2-5-14(18)10-13)19-8-9-21-25(22,23)16-7-3-6-15-17(16)24-11-20-15;/h2-7,10-12,19,21H,8-9H2,1H3;1H. The largest absolute Gasteiger partial charge is 0.309 e. The van der Waals surface area contributed by atoms with Crippen LogP contribution in [0.15, 0.2) is 52.9 Å². The minimum atomic E-state index is -3.57. The zero-order valence-corrected chi connectivity index (χ0v) is 17.2. The van der Waals surface area contributed by atoms with E-state index in [0.717, 1.165) is 5.56 Å². The number of nitrogens with one attached hydrogen (secondary N) is 2. The smallest absolute Gasteiger partial charge is 0.242 e. The number of nitrogens with zero attached hydrogens (tertiary/aromatic N) is 1. The molecule has 0 saturated carbocycles. The molecule has 1 atom stereocenters. The number of rotatable bonds is 7. The summed E-state index contributed by atoms with van der Waals surface area (Å²) in [6.07, 6.45) is 0. The van der Waals surface area contributed by atoms with E-state index < -0.39 is 10.0 Å².